The number of rotatable bonds is 5. The van der Waals surface area contributed by atoms with Crippen LogP contribution in [-0.4, -0.2) is 31.1 Å². The molecule has 1 aliphatic rings. The first-order valence-electron chi connectivity index (χ1n) is 9.72. The van der Waals surface area contributed by atoms with Gasteiger partial charge in [0, 0.05) is 11.3 Å². The molecule has 1 amide bonds. The number of nitriles is 1. The van der Waals surface area contributed by atoms with E-state index in [0.717, 1.165) is 16.0 Å². The molecule has 0 spiro atoms. The minimum Gasteiger partial charge on any atom is -0.462 e. The van der Waals surface area contributed by atoms with E-state index in [9.17, 15) is 19.6 Å². The summed E-state index contributed by atoms with van der Waals surface area (Å²) in [6.45, 7) is 3.55. The molecule has 0 bridgehead atoms. The molecule has 1 aromatic heterocycles. The fraction of sp³-hybridized carbons (Fsp3) is 0.364. The van der Waals surface area contributed by atoms with Gasteiger partial charge in [0.2, 0.25) is 0 Å². The Morgan fingerprint density at radius 1 is 1.17 bits per heavy atom. The SMILES string of the molecule is CCOC(=O)C(=O)Nc1sc2c(c1C(=O)OCC)CCC(C#N)(c1ccccc1)C2. The summed E-state index contributed by atoms with van der Waals surface area (Å²) in [5, 5.41) is 12.7. The van der Waals surface area contributed by atoms with Gasteiger partial charge in [0.15, 0.2) is 0 Å². The van der Waals surface area contributed by atoms with E-state index in [1.54, 1.807) is 13.8 Å². The Balaban J connectivity index is 2.00. The van der Waals surface area contributed by atoms with E-state index in [4.69, 9.17) is 9.47 Å². The van der Waals surface area contributed by atoms with Crippen LogP contribution in [0.25, 0.3) is 0 Å². The molecule has 1 N–H and O–H groups in total. The number of nitrogens with one attached hydrogen (secondary N) is 1. The van der Waals surface area contributed by atoms with E-state index >= 15 is 0 Å². The predicted octanol–water partition coefficient (Wildman–Crippen LogP) is 3.38. The minimum atomic E-state index is -1.02. The highest BCUT2D eigenvalue weighted by molar-refractivity contribution is 7.17. The first kappa shape index (κ1) is 21.5. The normalized spacial score (nSPS) is 17.4. The van der Waals surface area contributed by atoms with Crippen LogP contribution in [0, 0.1) is 11.3 Å². The summed E-state index contributed by atoms with van der Waals surface area (Å²) in [5.41, 5.74) is 1.22. The second-order valence-corrected chi connectivity index (χ2v) is 7.94. The second kappa shape index (κ2) is 9.09. The number of esters is 2. The predicted molar refractivity (Wildman–Crippen MR) is 111 cm³/mol. The van der Waals surface area contributed by atoms with Crippen molar-refractivity contribution in [3.8, 4) is 6.07 Å². The summed E-state index contributed by atoms with van der Waals surface area (Å²) in [4.78, 5) is 37.4. The number of carbonyl (C=O) groups excluding carboxylic acids is 3. The fourth-order valence-electron chi connectivity index (χ4n) is 3.64. The summed E-state index contributed by atoms with van der Waals surface area (Å²) >= 11 is 1.20. The lowest BCUT2D eigenvalue weighted by molar-refractivity contribution is -0.152. The van der Waals surface area contributed by atoms with Gasteiger partial charge in [-0.05, 0) is 37.8 Å². The summed E-state index contributed by atoms with van der Waals surface area (Å²) in [6.07, 6.45) is 1.43. The quantitative estimate of drug-likeness (QED) is 0.580. The zero-order valence-electron chi connectivity index (χ0n) is 16.8. The lowest BCUT2D eigenvalue weighted by Gasteiger charge is -2.31. The highest BCUT2D eigenvalue weighted by atomic mass is 32.1. The summed E-state index contributed by atoms with van der Waals surface area (Å²) in [6, 6.07) is 12.0. The Labute approximate surface area is 178 Å². The minimum absolute atomic E-state index is 0.0691. The number of thiophene rings is 1. The first-order chi connectivity index (χ1) is 14.5. The Morgan fingerprint density at radius 3 is 2.50 bits per heavy atom. The molecule has 156 valence electrons. The van der Waals surface area contributed by atoms with Crippen LogP contribution in [0.4, 0.5) is 5.00 Å². The van der Waals surface area contributed by atoms with E-state index in [1.165, 1.54) is 11.3 Å². The lowest BCUT2D eigenvalue weighted by Crippen LogP contribution is -2.31. The summed E-state index contributed by atoms with van der Waals surface area (Å²) < 4.78 is 9.91. The van der Waals surface area contributed by atoms with Gasteiger partial charge in [-0.25, -0.2) is 9.59 Å². The largest absolute Gasteiger partial charge is 0.462 e. The number of hydrogen-bond acceptors (Lipinski definition) is 7. The number of fused-ring (bicyclic) bond motifs is 1. The zero-order chi connectivity index (χ0) is 21.7. The second-order valence-electron chi connectivity index (χ2n) is 6.84. The van der Waals surface area contributed by atoms with E-state index in [-0.39, 0.29) is 23.8 Å². The zero-order valence-corrected chi connectivity index (χ0v) is 17.6. The number of carbonyl (C=O) groups is 3. The molecule has 1 atom stereocenters. The molecule has 1 aliphatic carbocycles. The molecular formula is C22H22N2O5S. The Bertz CT molecular complexity index is 1010. The molecule has 1 unspecified atom stereocenters. The van der Waals surface area contributed by atoms with Gasteiger partial charge in [-0.3, -0.25) is 4.79 Å². The van der Waals surface area contributed by atoms with Gasteiger partial charge in [-0.2, -0.15) is 5.26 Å². The number of benzene rings is 1. The standard InChI is InChI=1S/C22H22N2O5S/c1-3-28-20(26)17-15-10-11-22(13-23,14-8-6-5-7-9-14)12-16(15)30-19(17)24-18(25)21(27)29-4-2/h5-9H,3-4,10-12H2,1-2H3,(H,24,25). The van der Waals surface area contributed by atoms with Gasteiger partial charge in [0.25, 0.3) is 0 Å². The average molecular weight is 426 g/mol. The van der Waals surface area contributed by atoms with Crippen LogP contribution in [0.5, 0.6) is 0 Å². The third-order valence-corrected chi connectivity index (χ3v) is 6.21. The monoisotopic (exact) mass is 426 g/mol. The molecule has 0 radical (unpaired) electrons. The molecule has 2 aromatic rings. The Hall–Kier alpha value is -3.18. The first-order valence-corrected chi connectivity index (χ1v) is 10.5. The van der Waals surface area contributed by atoms with Crippen molar-refractivity contribution in [1.82, 2.24) is 0 Å². The van der Waals surface area contributed by atoms with Crippen LogP contribution in [0.2, 0.25) is 0 Å². The van der Waals surface area contributed by atoms with Gasteiger partial charge in [0.05, 0.1) is 30.3 Å². The molecule has 0 saturated heterocycles. The molecule has 8 heteroatoms. The number of hydrogen-bond donors (Lipinski definition) is 1. The third-order valence-electron chi connectivity index (χ3n) is 5.06. The third kappa shape index (κ3) is 4.07. The van der Waals surface area contributed by atoms with E-state index < -0.39 is 23.3 Å². The maximum atomic E-state index is 12.6. The maximum absolute atomic E-state index is 12.6. The maximum Gasteiger partial charge on any atom is 0.397 e. The lowest BCUT2D eigenvalue weighted by atomic mass is 9.70. The van der Waals surface area contributed by atoms with Gasteiger partial charge in [0.1, 0.15) is 5.00 Å². The molecule has 3 rings (SSSR count). The molecular weight excluding hydrogens is 404 g/mol. The molecule has 1 heterocycles. The van der Waals surface area contributed by atoms with Gasteiger partial charge >= 0.3 is 17.8 Å². The molecule has 7 nitrogen and oxygen atoms in total. The van der Waals surface area contributed by atoms with Crippen molar-refractivity contribution in [3.63, 3.8) is 0 Å². The van der Waals surface area contributed by atoms with Crippen molar-refractivity contribution in [2.75, 3.05) is 18.5 Å². The van der Waals surface area contributed by atoms with E-state index in [0.29, 0.717) is 19.3 Å². The topological polar surface area (TPSA) is 105 Å². The molecule has 0 aliphatic heterocycles. The molecule has 0 saturated carbocycles. The number of ether oxygens (including phenoxy) is 2. The van der Waals surface area contributed by atoms with Gasteiger partial charge in [-0.15, -0.1) is 11.3 Å². The van der Waals surface area contributed by atoms with Crippen LogP contribution in [0.15, 0.2) is 30.3 Å². The Morgan fingerprint density at radius 2 is 1.87 bits per heavy atom. The van der Waals surface area contributed by atoms with Gasteiger partial charge < -0.3 is 14.8 Å². The smallest absolute Gasteiger partial charge is 0.397 e. The van der Waals surface area contributed by atoms with Crippen LogP contribution < -0.4 is 5.32 Å². The molecule has 1 aromatic carbocycles. The van der Waals surface area contributed by atoms with E-state index in [2.05, 4.69) is 11.4 Å². The van der Waals surface area contributed by atoms with Crippen LogP contribution in [-0.2, 0) is 37.3 Å². The van der Waals surface area contributed by atoms with Crippen molar-refractivity contribution >= 4 is 34.2 Å². The highest BCUT2D eigenvalue weighted by Crippen LogP contribution is 2.45. The van der Waals surface area contributed by atoms with Crippen molar-refractivity contribution in [2.24, 2.45) is 0 Å². The van der Waals surface area contributed by atoms with E-state index in [1.807, 2.05) is 30.3 Å². The number of nitrogens with zero attached hydrogens (tertiary/aromatic N) is 1. The number of amides is 1. The van der Waals surface area contributed by atoms with Crippen molar-refractivity contribution in [2.45, 2.75) is 38.5 Å². The molecule has 0 fully saturated rings. The van der Waals surface area contributed by atoms with Gasteiger partial charge in [-0.1, -0.05) is 30.3 Å². The Kier molecular flexibility index (Phi) is 6.53. The van der Waals surface area contributed by atoms with Crippen LogP contribution >= 0.6 is 11.3 Å². The summed E-state index contributed by atoms with van der Waals surface area (Å²) in [7, 11) is 0. The van der Waals surface area contributed by atoms with Crippen LogP contribution in [0.1, 0.15) is 46.6 Å². The molecule has 30 heavy (non-hydrogen) atoms. The highest BCUT2D eigenvalue weighted by Gasteiger charge is 2.40. The number of anilines is 1. The average Bonchev–Trinajstić information content (AvgIpc) is 3.11. The van der Waals surface area contributed by atoms with Crippen molar-refractivity contribution in [3.05, 3.63) is 51.9 Å². The fourth-order valence-corrected chi connectivity index (χ4v) is 4.99. The van der Waals surface area contributed by atoms with Crippen molar-refractivity contribution in [1.29, 1.82) is 5.26 Å². The summed E-state index contributed by atoms with van der Waals surface area (Å²) in [5.74, 6) is -2.52. The van der Waals surface area contributed by atoms with Crippen LogP contribution in [0.3, 0.4) is 0 Å². The van der Waals surface area contributed by atoms with Crippen molar-refractivity contribution < 1.29 is 23.9 Å².